The van der Waals surface area contributed by atoms with Crippen LogP contribution >= 0.6 is 22.6 Å². The molecule has 1 heterocycles. The van der Waals surface area contributed by atoms with Crippen molar-refractivity contribution in [3.8, 4) is 5.69 Å². The summed E-state index contributed by atoms with van der Waals surface area (Å²) >= 11 is 2.24. The van der Waals surface area contributed by atoms with Crippen molar-refractivity contribution in [2.24, 2.45) is 0 Å². The molecule has 0 N–H and O–H groups in total. The predicted molar refractivity (Wildman–Crippen MR) is 55.1 cm³/mol. The van der Waals surface area contributed by atoms with Crippen LogP contribution in [-0.4, -0.2) is 9.78 Å². The molecule has 0 aliphatic carbocycles. The molecule has 0 fully saturated rings. The number of rotatable bonds is 1. The smallest absolute Gasteiger partial charge is 0.0646 e. The van der Waals surface area contributed by atoms with Gasteiger partial charge in [-0.05, 0) is 40.8 Å². The third kappa shape index (κ3) is 1.50. The molecular weight excluding hydrogens is 263 g/mol. The molecule has 0 saturated carbocycles. The second kappa shape index (κ2) is 3.26. The molecule has 59 valence electrons. The normalized spacial score (nSPS) is 10.1. The molecule has 0 aliphatic rings. The molecule has 0 amide bonds. The van der Waals surface area contributed by atoms with E-state index >= 15 is 0 Å². The Morgan fingerprint density at radius 1 is 1.33 bits per heavy atom. The second-order valence-electron chi connectivity index (χ2n) is 2.36. The molecular formula is C9H6IN2. The Morgan fingerprint density at radius 2 is 2.08 bits per heavy atom. The Kier molecular flexibility index (Phi) is 2.12. The fraction of sp³-hybridized carbons (Fsp3) is 0. The quantitative estimate of drug-likeness (QED) is 0.726. The summed E-state index contributed by atoms with van der Waals surface area (Å²) in [7, 11) is 0. The molecule has 0 bridgehead atoms. The molecule has 2 aromatic rings. The molecule has 2 nitrogen and oxygen atoms in total. The number of halogens is 1. The molecule has 0 spiro atoms. The number of hydrogen-bond acceptors (Lipinski definition) is 1. The average molecular weight is 269 g/mol. The summed E-state index contributed by atoms with van der Waals surface area (Å²) in [5, 5.41) is 4.18. The Balaban J connectivity index is 2.45. The Hall–Kier alpha value is -0.840. The minimum absolute atomic E-state index is 1.07. The second-order valence-corrected chi connectivity index (χ2v) is 3.61. The van der Waals surface area contributed by atoms with Crippen molar-refractivity contribution in [3.05, 3.63) is 46.3 Å². The number of hydrogen-bond donors (Lipinski definition) is 0. The fourth-order valence-corrected chi connectivity index (χ4v) is 1.36. The van der Waals surface area contributed by atoms with Crippen LogP contribution in [-0.2, 0) is 0 Å². The fourth-order valence-electron chi connectivity index (χ4n) is 0.973. The van der Waals surface area contributed by atoms with Gasteiger partial charge in [0.1, 0.15) is 0 Å². The summed E-state index contributed by atoms with van der Waals surface area (Å²) in [5.74, 6) is 0. The monoisotopic (exact) mass is 269 g/mol. The van der Waals surface area contributed by atoms with Gasteiger partial charge in [-0.1, -0.05) is 12.1 Å². The van der Waals surface area contributed by atoms with E-state index in [1.807, 2.05) is 41.3 Å². The van der Waals surface area contributed by atoms with E-state index in [1.54, 1.807) is 0 Å². The minimum atomic E-state index is 1.07. The van der Waals surface area contributed by atoms with E-state index in [2.05, 4.69) is 33.8 Å². The molecule has 1 aromatic carbocycles. The maximum Gasteiger partial charge on any atom is 0.0646 e. The first-order chi connectivity index (χ1) is 5.86. The van der Waals surface area contributed by atoms with Gasteiger partial charge in [-0.25, -0.2) is 4.68 Å². The van der Waals surface area contributed by atoms with Crippen molar-refractivity contribution in [1.82, 2.24) is 9.78 Å². The van der Waals surface area contributed by atoms with Crippen molar-refractivity contribution in [3.63, 3.8) is 0 Å². The van der Waals surface area contributed by atoms with Gasteiger partial charge in [0, 0.05) is 6.20 Å². The van der Waals surface area contributed by atoms with Crippen LogP contribution in [0, 0.1) is 9.64 Å². The van der Waals surface area contributed by atoms with Gasteiger partial charge in [-0.3, -0.25) is 0 Å². The standard InChI is InChI=1S/C9H6IN2/c10-8-6-11-12(7-8)9-4-2-1-3-5-9/h2-7H. The van der Waals surface area contributed by atoms with Crippen LogP contribution in [0.3, 0.4) is 0 Å². The lowest BCUT2D eigenvalue weighted by molar-refractivity contribution is 0.880. The Bertz CT molecular complexity index is 367. The lowest BCUT2D eigenvalue weighted by Crippen LogP contribution is -1.92. The van der Waals surface area contributed by atoms with Gasteiger partial charge < -0.3 is 0 Å². The van der Waals surface area contributed by atoms with Crippen LogP contribution in [0.4, 0.5) is 0 Å². The zero-order valence-electron chi connectivity index (χ0n) is 6.24. The Morgan fingerprint density at radius 3 is 2.67 bits per heavy atom. The maximum atomic E-state index is 4.18. The van der Waals surface area contributed by atoms with Crippen molar-refractivity contribution in [2.75, 3.05) is 0 Å². The first kappa shape index (κ1) is 7.79. The van der Waals surface area contributed by atoms with Crippen molar-refractivity contribution < 1.29 is 0 Å². The summed E-state index contributed by atoms with van der Waals surface area (Å²) < 4.78 is 2.98. The van der Waals surface area contributed by atoms with E-state index in [4.69, 9.17) is 0 Å². The van der Waals surface area contributed by atoms with Crippen LogP contribution in [0.25, 0.3) is 5.69 Å². The van der Waals surface area contributed by atoms with Gasteiger partial charge in [0.15, 0.2) is 0 Å². The summed E-state index contributed by atoms with van der Waals surface area (Å²) in [6.45, 7) is 0. The number of aromatic nitrogens is 2. The molecule has 12 heavy (non-hydrogen) atoms. The van der Waals surface area contributed by atoms with Gasteiger partial charge in [-0.15, -0.1) is 0 Å². The highest BCUT2D eigenvalue weighted by molar-refractivity contribution is 14.1. The molecule has 3 heteroatoms. The molecule has 0 aliphatic heterocycles. The highest BCUT2D eigenvalue weighted by Gasteiger charge is 1.95. The van der Waals surface area contributed by atoms with Gasteiger partial charge in [0.05, 0.1) is 15.5 Å². The van der Waals surface area contributed by atoms with Gasteiger partial charge in [0.2, 0.25) is 0 Å². The molecule has 0 unspecified atom stereocenters. The number of nitrogens with zero attached hydrogens (tertiary/aromatic N) is 2. The van der Waals surface area contributed by atoms with E-state index < -0.39 is 0 Å². The van der Waals surface area contributed by atoms with E-state index in [0.717, 1.165) is 9.26 Å². The zero-order valence-corrected chi connectivity index (χ0v) is 8.39. The van der Waals surface area contributed by atoms with Gasteiger partial charge in [-0.2, -0.15) is 5.10 Å². The lowest BCUT2D eigenvalue weighted by atomic mass is 10.3. The van der Waals surface area contributed by atoms with Crippen LogP contribution in [0.1, 0.15) is 0 Å². The zero-order chi connectivity index (χ0) is 8.39. The van der Waals surface area contributed by atoms with Gasteiger partial charge in [0.25, 0.3) is 0 Å². The summed E-state index contributed by atoms with van der Waals surface area (Å²) in [4.78, 5) is 0. The summed E-state index contributed by atoms with van der Waals surface area (Å²) in [5.41, 5.74) is 1.07. The van der Waals surface area contributed by atoms with Crippen molar-refractivity contribution >= 4 is 22.6 Å². The number of benzene rings is 1. The third-order valence-corrected chi connectivity index (χ3v) is 2.07. The van der Waals surface area contributed by atoms with Crippen LogP contribution < -0.4 is 0 Å². The topological polar surface area (TPSA) is 17.8 Å². The molecule has 1 aromatic heterocycles. The van der Waals surface area contributed by atoms with E-state index in [-0.39, 0.29) is 0 Å². The third-order valence-electron chi connectivity index (χ3n) is 1.52. The van der Waals surface area contributed by atoms with Crippen LogP contribution in [0.2, 0.25) is 0 Å². The van der Waals surface area contributed by atoms with E-state index in [9.17, 15) is 0 Å². The summed E-state index contributed by atoms with van der Waals surface area (Å²) in [6.07, 6.45) is 3.81. The first-order valence-corrected chi connectivity index (χ1v) is 4.61. The van der Waals surface area contributed by atoms with Crippen LogP contribution in [0.15, 0.2) is 36.7 Å². The highest BCUT2D eigenvalue weighted by atomic mass is 127. The van der Waals surface area contributed by atoms with Crippen LogP contribution in [0.5, 0.6) is 0 Å². The Labute approximate surface area is 84.4 Å². The average Bonchev–Trinajstić information content (AvgIpc) is 2.54. The lowest BCUT2D eigenvalue weighted by Gasteiger charge is -1.97. The van der Waals surface area contributed by atoms with E-state index in [0.29, 0.717) is 0 Å². The first-order valence-electron chi connectivity index (χ1n) is 3.53. The largest absolute Gasteiger partial charge is 0.240 e. The summed E-state index contributed by atoms with van der Waals surface area (Å²) in [6, 6.07) is 10.7. The molecule has 2 rings (SSSR count). The van der Waals surface area contributed by atoms with Gasteiger partial charge >= 0.3 is 0 Å². The minimum Gasteiger partial charge on any atom is -0.240 e. The highest BCUT2D eigenvalue weighted by Crippen LogP contribution is 2.08. The molecule has 1 radical (unpaired) electrons. The molecule has 0 saturated heterocycles. The SMILES string of the molecule is Ic1cnn(-c2cc[c]cc2)c1. The maximum absolute atomic E-state index is 4.18. The predicted octanol–water partition coefficient (Wildman–Crippen LogP) is 2.28. The van der Waals surface area contributed by atoms with E-state index in [1.165, 1.54) is 0 Å². The molecule has 0 atom stereocenters. The van der Waals surface area contributed by atoms with Crippen molar-refractivity contribution in [1.29, 1.82) is 0 Å². The van der Waals surface area contributed by atoms with Crippen molar-refractivity contribution in [2.45, 2.75) is 0 Å².